The van der Waals surface area contributed by atoms with Crippen molar-refractivity contribution in [2.75, 3.05) is 32.8 Å². The Morgan fingerprint density at radius 1 is 1.30 bits per heavy atom. The fourth-order valence-electron chi connectivity index (χ4n) is 2.84. The summed E-state index contributed by atoms with van der Waals surface area (Å²) < 4.78 is 5.51. The third-order valence-electron chi connectivity index (χ3n) is 3.82. The number of phenols is 1. The lowest BCUT2D eigenvalue weighted by atomic mass is 9.99. The van der Waals surface area contributed by atoms with Crippen LogP contribution in [0, 0.1) is 0 Å². The molecular weight excluding hydrogens is 252 g/mol. The standard InChI is InChI=1S/C16H26N2O2/c1-3-5-14(18-10-8-17-9-11-18)13-6-7-15(19)16(12-13)20-4-2/h6-7,12,14,17,19H,3-5,8-11H2,1-2H3/t14-/m0/s1. The summed E-state index contributed by atoms with van der Waals surface area (Å²) in [6, 6.07) is 6.20. The summed E-state index contributed by atoms with van der Waals surface area (Å²) in [4.78, 5) is 2.53. The normalized spacial score (nSPS) is 17.9. The number of piperazine rings is 1. The highest BCUT2D eigenvalue weighted by atomic mass is 16.5. The lowest BCUT2D eigenvalue weighted by Crippen LogP contribution is -2.45. The van der Waals surface area contributed by atoms with Gasteiger partial charge in [-0.15, -0.1) is 0 Å². The van der Waals surface area contributed by atoms with Gasteiger partial charge in [0.05, 0.1) is 6.61 Å². The molecule has 1 saturated heterocycles. The first-order valence-electron chi connectivity index (χ1n) is 7.66. The van der Waals surface area contributed by atoms with Crippen LogP contribution >= 0.6 is 0 Å². The van der Waals surface area contributed by atoms with Crippen molar-refractivity contribution >= 4 is 0 Å². The largest absolute Gasteiger partial charge is 0.504 e. The molecule has 1 fully saturated rings. The number of hydrogen-bond acceptors (Lipinski definition) is 4. The third-order valence-corrected chi connectivity index (χ3v) is 3.82. The van der Waals surface area contributed by atoms with E-state index in [4.69, 9.17) is 4.74 Å². The number of hydrogen-bond donors (Lipinski definition) is 2. The van der Waals surface area contributed by atoms with Gasteiger partial charge in [0.1, 0.15) is 0 Å². The summed E-state index contributed by atoms with van der Waals surface area (Å²) in [5.74, 6) is 0.826. The van der Waals surface area contributed by atoms with E-state index in [1.54, 1.807) is 6.07 Å². The molecule has 20 heavy (non-hydrogen) atoms. The third kappa shape index (κ3) is 3.64. The smallest absolute Gasteiger partial charge is 0.161 e. The van der Waals surface area contributed by atoms with Crippen LogP contribution in [0.4, 0.5) is 0 Å². The van der Waals surface area contributed by atoms with Gasteiger partial charge in [0, 0.05) is 32.2 Å². The SMILES string of the molecule is CCC[C@@H](c1ccc(O)c(OCC)c1)N1CCNCC1. The number of benzene rings is 1. The van der Waals surface area contributed by atoms with Gasteiger partial charge in [0.15, 0.2) is 11.5 Å². The van der Waals surface area contributed by atoms with Crippen LogP contribution in [-0.4, -0.2) is 42.8 Å². The molecule has 1 aromatic rings. The van der Waals surface area contributed by atoms with Gasteiger partial charge in [-0.25, -0.2) is 0 Å². The fourth-order valence-corrected chi connectivity index (χ4v) is 2.84. The molecule has 2 N–H and O–H groups in total. The quantitative estimate of drug-likeness (QED) is 0.839. The molecule has 1 heterocycles. The monoisotopic (exact) mass is 278 g/mol. The van der Waals surface area contributed by atoms with Crippen LogP contribution in [0.1, 0.15) is 38.3 Å². The number of nitrogens with zero attached hydrogens (tertiary/aromatic N) is 1. The first-order valence-corrected chi connectivity index (χ1v) is 7.66. The van der Waals surface area contributed by atoms with Crippen molar-refractivity contribution in [3.05, 3.63) is 23.8 Å². The molecule has 1 atom stereocenters. The predicted molar refractivity (Wildman–Crippen MR) is 81.4 cm³/mol. The van der Waals surface area contributed by atoms with Crippen molar-refractivity contribution in [2.24, 2.45) is 0 Å². The van der Waals surface area contributed by atoms with Crippen LogP contribution in [0.15, 0.2) is 18.2 Å². The first kappa shape index (κ1) is 15.1. The van der Waals surface area contributed by atoms with Crippen LogP contribution in [0.2, 0.25) is 0 Å². The van der Waals surface area contributed by atoms with Crippen molar-refractivity contribution in [1.82, 2.24) is 10.2 Å². The molecule has 0 saturated carbocycles. The van der Waals surface area contributed by atoms with Gasteiger partial charge >= 0.3 is 0 Å². The maximum absolute atomic E-state index is 9.84. The second-order valence-electron chi connectivity index (χ2n) is 5.25. The van der Waals surface area contributed by atoms with E-state index in [0.29, 0.717) is 18.4 Å². The Morgan fingerprint density at radius 3 is 2.70 bits per heavy atom. The molecule has 1 aliphatic rings. The average Bonchev–Trinajstić information content (AvgIpc) is 2.48. The topological polar surface area (TPSA) is 44.7 Å². The van der Waals surface area contributed by atoms with Gasteiger partial charge < -0.3 is 15.2 Å². The summed E-state index contributed by atoms with van der Waals surface area (Å²) in [7, 11) is 0. The van der Waals surface area contributed by atoms with Crippen LogP contribution in [0.25, 0.3) is 0 Å². The Morgan fingerprint density at radius 2 is 2.05 bits per heavy atom. The predicted octanol–water partition coefficient (Wildman–Crippen LogP) is 2.54. The summed E-state index contributed by atoms with van der Waals surface area (Å²) in [5, 5.41) is 13.2. The zero-order valence-corrected chi connectivity index (χ0v) is 12.6. The van der Waals surface area contributed by atoms with E-state index < -0.39 is 0 Å². The zero-order chi connectivity index (χ0) is 14.4. The number of ether oxygens (including phenoxy) is 1. The molecule has 0 aromatic heterocycles. The van der Waals surface area contributed by atoms with Gasteiger partial charge in [0.2, 0.25) is 0 Å². The molecule has 2 rings (SSSR count). The molecule has 4 heteroatoms. The van der Waals surface area contributed by atoms with E-state index in [0.717, 1.165) is 39.0 Å². The average molecular weight is 278 g/mol. The number of aromatic hydroxyl groups is 1. The molecule has 0 amide bonds. The second kappa shape index (κ2) is 7.50. The number of rotatable bonds is 6. The number of phenolic OH excluding ortho intramolecular Hbond substituents is 1. The van der Waals surface area contributed by atoms with Gasteiger partial charge in [-0.1, -0.05) is 19.4 Å². The maximum atomic E-state index is 9.84. The second-order valence-corrected chi connectivity index (χ2v) is 5.25. The van der Waals surface area contributed by atoms with Crippen LogP contribution < -0.4 is 10.1 Å². The molecule has 1 aliphatic heterocycles. The Labute approximate surface area is 121 Å². The summed E-state index contributed by atoms with van der Waals surface area (Å²) in [6.07, 6.45) is 2.29. The number of nitrogens with one attached hydrogen (secondary N) is 1. The van der Waals surface area contributed by atoms with E-state index in [-0.39, 0.29) is 5.75 Å². The summed E-state index contributed by atoms with van der Waals surface area (Å²) in [6.45, 7) is 8.99. The Balaban J connectivity index is 2.21. The van der Waals surface area contributed by atoms with Crippen LogP contribution in [0.5, 0.6) is 11.5 Å². The molecule has 0 bridgehead atoms. The van der Waals surface area contributed by atoms with Gasteiger partial charge in [-0.2, -0.15) is 0 Å². The van der Waals surface area contributed by atoms with E-state index in [9.17, 15) is 5.11 Å². The molecule has 0 aliphatic carbocycles. The highest BCUT2D eigenvalue weighted by Crippen LogP contribution is 2.33. The Kier molecular flexibility index (Phi) is 5.68. The zero-order valence-electron chi connectivity index (χ0n) is 12.6. The summed E-state index contributed by atoms with van der Waals surface area (Å²) >= 11 is 0. The molecule has 0 spiro atoms. The Bertz CT molecular complexity index is 417. The minimum atomic E-state index is 0.228. The van der Waals surface area contributed by atoms with E-state index >= 15 is 0 Å². The van der Waals surface area contributed by atoms with E-state index in [1.807, 2.05) is 19.1 Å². The van der Waals surface area contributed by atoms with Crippen molar-refractivity contribution in [3.8, 4) is 11.5 Å². The van der Waals surface area contributed by atoms with Gasteiger partial charge in [-0.3, -0.25) is 4.90 Å². The molecular formula is C16H26N2O2. The molecule has 1 aromatic carbocycles. The van der Waals surface area contributed by atoms with Gasteiger partial charge in [0.25, 0.3) is 0 Å². The minimum absolute atomic E-state index is 0.228. The lowest BCUT2D eigenvalue weighted by Gasteiger charge is -2.35. The van der Waals surface area contributed by atoms with Crippen molar-refractivity contribution in [3.63, 3.8) is 0 Å². The molecule has 0 unspecified atom stereocenters. The van der Waals surface area contributed by atoms with Gasteiger partial charge in [-0.05, 0) is 31.0 Å². The minimum Gasteiger partial charge on any atom is -0.504 e. The van der Waals surface area contributed by atoms with Crippen molar-refractivity contribution < 1.29 is 9.84 Å². The summed E-state index contributed by atoms with van der Waals surface area (Å²) in [5.41, 5.74) is 1.25. The molecule has 112 valence electrons. The van der Waals surface area contributed by atoms with Crippen LogP contribution in [-0.2, 0) is 0 Å². The van der Waals surface area contributed by atoms with E-state index in [2.05, 4.69) is 17.1 Å². The van der Waals surface area contributed by atoms with Crippen molar-refractivity contribution in [1.29, 1.82) is 0 Å². The van der Waals surface area contributed by atoms with Crippen LogP contribution in [0.3, 0.4) is 0 Å². The molecule has 4 nitrogen and oxygen atoms in total. The first-order chi connectivity index (χ1) is 9.76. The molecule has 0 radical (unpaired) electrons. The van der Waals surface area contributed by atoms with E-state index in [1.165, 1.54) is 5.56 Å². The Hall–Kier alpha value is -1.26. The highest BCUT2D eigenvalue weighted by Gasteiger charge is 2.22. The fraction of sp³-hybridized carbons (Fsp3) is 0.625. The lowest BCUT2D eigenvalue weighted by molar-refractivity contribution is 0.164. The maximum Gasteiger partial charge on any atom is 0.161 e. The highest BCUT2D eigenvalue weighted by molar-refractivity contribution is 5.42. The van der Waals surface area contributed by atoms with Crippen molar-refractivity contribution in [2.45, 2.75) is 32.7 Å².